The molecule has 0 atom stereocenters. The Morgan fingerprint density at radius 2 is 1.84 bits per heavy atom. The molecule has 0 aliphatic carbocycles. The Labute approximate surface area is 181 Å². The molecular weight excluding hydrogens is 426 g/mol. The first-order valence-corrected chi connectivity index (χ1v) is 9.63. The molecule has 3 aromatic rings. The molecule has 0 spiro atoms. The smallest absolute Gasteiger partial charge is 0.340 e. The van der Waals surface area contributed by atoms with Crippen molar-refractivity contribution in [2.75, 3.05) is 25.1 Å². The number of hydrogen-bond acceptors (Lipinski definition) is 7. The fraction of sp³-hybridized carbons (Fsp3) is 0.136. The molecule has 0 saturated heterocycles. The van der Waals surface area contributed by atoms with E-state index in [2.05, 4.69) is 5.32 Å². The highest BCUT2D eigenvalue weighted by Crippen LogP contribution is 2.32. The van der Waals surface area contributed by atoms with Crippen LogP contribution in [-0.2, 0) is 9.53 Å². The molecule has 0 radical (unpaired) electrons. The van der Waals surface area contributed by atoms with Crippen LogP contribution in [-0.4, -0.2) is 38.0 Å². The number of ether oxygens (including phenoxy) is 3. The van der Waals surface area contributed by atoms with Crippen LogP contribution in [0.15, 0.2) is 52.9 Å². The summed E-state index contributed by atoms with van der Waals surface area (Å²) >= 11 is 6.11. The Hall–Kier alpha value is -3.78. The van der Waals surface area contributed by atoms with Gasteiger partial charge >= 0.3 is 5.97 Å². The Kier molecular flexibility index (Phi) is 5.90. The molecule has 2 heterocycles. The van der Waals surface area contributed by atoms with E-state index in [0.717, 1.165) is 0 Å². The van der Waals surface area contributed by atoms with Gasteiger partial charge in [-0.05, 0) is 42.5 Å². The summed E-state index contributed by atoms with van der Waals surface area (Å²) in [4.78, 5) is 35.4. The molecule has 1 amide bonds. The fourth-order valence-corrected chi connectivity index (χ4v) is 3.13. The summed E-state index contributed by atoms with van der Waals surface area (Å²) in [5.74, 6) is 0.377. The number of anilines is 1. The SMILES string of the molecule is O=Cc1ccc(-c2ccc(Cl)c(C(=O)OCC(=O)Nc3ccc4c(c3)OCCO4)c2)o1. The Morgan fingerprint density at radius 1 is 1.03 bits per heavy atom. The van der Waals surface area contributed by atoms with Crippen LogP contribution in [0.5, 0.6) is 11.5 Å². The fourth-order valence-electron chi connectivity index (χ4n) is 2.93. The number of rotatable bonds is 6. The zero-order chi connectivity index (χ0) is 21.8. The molecule has 0 fully saturated rings. The third kappa shape index (κ3) is 4.70. The molecule has 158 valence electrons. The van der Waals surface area contributed by atoms with E-state index in [1.54, 1.807) is 30.3 Å². The van der Waals surface area contributed by atoms with Gasteiger partial charge in [0.15, 0.2) is 30.2 Å². The van der Waals surface area contributed by atoms with Gasteiger partial charge in [0.25, 0.3) is 5.91 Å². The molecule has 0 bridgehead atoms. The predicted octanol–water partition coefficient (Wildman–Crippen LogP) is 3.98. The van der Waals surface area contributed by atoms with Gasteiger partial charge in [0, 0.05) is 17.3 Å². The van der Waals surface area contributed by atoms with Gasteiger partial charge < -0.3 is 23.9 Å². The van der Waals surface area contributed by atoms with Crippen LogP contribution >= 0.6 is 11.6 Å². The monoisotopic (exact) mass is 441 g/mol. The minimum absolute atomic E-state index is 0.0651. The summed E-state index contributed by atoms with van der Waals surface area (Å²) in [5.41, 5.74) is 1.08. The molecule has 0 saturated carbocycles. The predicted molar refractivity (Wildman–Crippen MR) is 111 cm³/mol. The van der Waals surface area contributed by atoms with E-state index in [-0.39, 0.29) is 16.3 Å². The largest absolute Gasteiger partial charge is 0.486 e. The average Bonchev–Trinajstić information content (AvgIpc) is 3.27. The summed E-state index contributed by atoms with van der Waals surface area (Å²) in [6.45, 7) is 0.386. The lowest BCUT2D eigenvalue weighted by atomic mass is 10.1. The van der Waals surface area contributed by atoms with Crippen LogP contribution < -0.4 is 14.8 Å². The van der Waals surface area contributed by atoms with E-state index in [0.29, 0.717) is 48.0 Å². The van der Waals surface area contributed by atoms with Crippen LogP contribution in [0.4, 0.5) is 5.69 Å². The summed E-state index contributed by atoms with van der Waals surface area (Å²) in [7, 11) is 0. The van der Waals surface area contributed by atoms with Crippen LogP contribution in [0, 0.1) is 0 Å². The number of carbonyl (C=O) groups excluding carboxylic acids is 3. The van der Waals surface area contributed by atoms with Crippen molar-refractivity contribution in [2.24, 2.45) is 0 Å². The van der Waals surface area contributed by atoms with Gasteiger partial charge in [0.05, 0.1) is 10.6 Å². The minimum atomic E-state index is -0.772. The second-order valence-electron chi connectivity index (χ2n) is 6.50. The zero-order valence-corrected chi connectivity index (χ0v) is 16.8. The van der Waals surface area contributed by atoms with Crippen molar-refractivity contribution in [2.45, 2.75) is 0 Å². The topological polar surface area (TPSA) is 104 Å². The quantitative estimate of drug-likeness (QED) is 0.455. The highest BCUT2D eigenvalue weighted by Gasteiger charge is 2.17. The second kappa shape index (κ2) is 8.93. The van der Waals surface area contributed by atoms with E-state index in [9.17, 15) is 14.4 Å². The molecule has 4 rings (SSSR count). The summed E-state index contributed by atoms with van der Waals surface area (Å²) < 4.78 is 21.3. The lowest BCUT2D eigenvalue weighted by molar-refractivity contribution is -0.119. The lowest BCUT2D eigenvalue weighted by Gasteiger charge is -2.19. The molecule has 1 aliphatic rings. The molecule has 1 aromatic heterocycles. The highest BCUT2D eigenvalue weighted by molar-refractivity contribution is 6.33. The van der Waals surface area contributed by atoms with E-state index in [1.165, 1.54) is 18.2 Å². The van der Waals surface area contributed by atoms with Gasteiger partial charge in [0.2, 0.25) is 0 Å². The third-order valence-electron chi connectivity index (χ3n) is 4.37. The number of carbonyl (C=O) groups is 3. The van der Waals surface area contributed by atoms with Crippen LogP contribution in [0.25, 0.3) is 11.3 Å². The van der Waals surface area contributed by atoms with E-state index in [1.807, 2.05) is 0 Å². The molecule has 1 aliphatic heterocycles. The molecule has 2 aromatic carbocycles. The molecular formula is C22H16ClNO7. The number of esters is 1. The lowest BCUT2D eigenvalue weighted by Crippen LogP contribution is -2.21. The number of furan rings is 1. The number of nitrogens with one attached hydrogen (secondary N) is 1. The van der Waals surface area contributed by atoms with Crippen molar-refractivity contribution < 1.29 is 33.0 Å². The molecule has 1 N–H and O–H groups in total. The molecule has 31 heavy (non-hydrogen) atoms. The number of aldehydes is 1. The number of benzene rings is 2. The average molecular weight is 442 g/mol. The first kappa shape index (κ1) is 20.5. The molecule has 8 nitrogen and oxygen atoms in total. The van der Waals surface area contributed by atoms with Crippen molar-refractivity contribution in [1.82, 2.24) is 0 Å². The second-order valence-corrected chi connectivity index (χ2v) is 6.90. The first-order chi connectivity index (χ1) is 15.0. The van der Waals surface area contributed by atoms with Gasteiger partial charge in [-0.1, -0.05) is 11.6 Å². The van der Waals surface area contributed by atoms with Gasteiger partial charge in [0.1, 0.15) is 19.0 Å². The third-order valence-corrected chi connectivity index (χ3v) is 4.70. The van der Waals surface area contributed by atoms with E-state index >= 15 is 0 Å². The number of halogens is 1. The maximum absolute atomic E-state index is 12.4. The van der Waals surface area contributed by atoms with E-state index in [4.69, 9.17) is 30.2 Å². The Bertz CT molecular complexity index is 1150. The highest BCUT2D eigenvalue weighted by atomic mass is 35.5. The summed E-state index contributed by atoms with van der Waals surface area (Å²) in [5, 5.41) is 2.78. The van der Waals surface area contributed by atoms with Crippen molar-refractivity contribution in [3.8, 4) is 22.8 Å². The maximum Gasteiger partial charge on any atom is 0.340 e. The first-order valence-electron chi connectivity index (χ1n) is 9.25. The minimum Gasteiger partial charge on any atom is -0.486 e. The molecule has 9 heteroatoms. The van der Waals surface area contributed by atoms with Crippen molar-refractivity contribution >= 4 is 35.5 Å². The van der Waals surface area contributed by atoms with Gasteiger partial charge in [-0.25, -0.2) is 4.79 Å². The number of fused-ring (bicyclic) bond motifs is 1. The van der Waals surface area contributed by atoms with Crippen molar-refractivity contribution in [3.05, 3.63) is 64.9 Å². The van der Waals surface area contributed by atoms with E-state index < -0.39 is 18.5 Å². The number of hydrogen-bond donors (Lipinski definition) is 1. The van der Waals surface area contributed by atoms with Crippen LogP contribution in [0.2, 0.25) is 5.02 Å². The molecule has 0 unspecified atom stereocenters. The Balaban J connectivity index is 1.39. The number of amides is 1. The van der Waals surface area contributed by atoms with Gasteiger partial charge in [-0.15, -0.1) is 0 Å². The van der Waals surface area contributed by atoms with Crippen molar-refractivity contribution in [3.63, 3.8) is 0 Å². The summed E-state index contributed by atoms with van der Waals surface area (Å²) in [6.07, 6.45) is 0.578. The van der Waals surface area contributed by atoms with Gasteiger partial charge in [-0.2, -0.15) is 0 Å². The zero-order valence-electron chi connectivity index (χ0n) is 16.1. The normalized spacial score (nSPS) is 12.2. The van der Waals surface area contributed by atoms with Crippen LogP contribution in [0.1, 0.15) is 20.9 Å². The Morgan fingerprint density at radius 3 is 2.61 bits per heavy atom. The standard InChI is InChI=1S/C22H16ClNO7/c23-17-4-1-13(18-6-3-15(11-25)31-18)9-16(17)22(27)30-12-21(26)24-14-2-5-19-20(10-14)29-8-7-28-19/h1-6,9-11H,7-8,12H2,(H,24,26). The van der Waals surface area contributed by atoms with Crippen LogP contribution in [0.3, 0.4) is 0 Å². The van der Waals surface area contributed by atoms with Gasteiger partial charge in [-0.3, -0.25) is 9.59 Å². The summed E-state index contributed by atoms with van der Waals surface area (Å²) in [6, 6.07) is 12.7. The maximum atomic E-state index is 12.4. The van der Waals surface area contributed by atoms with Crippen molar-refractivity contribution in [1.29, 1.82) is 0 Å².